The molecule has 0 aliphatic heterocycles. The Bertz CT molecular complexity index is 541. The summed E-state index contributed by atoms with van der Waals surface area (Å²) in [4.78, 5) is 0. The topological polar surface area (TPSA) is 9.23 Å². The van der Waals surface area contributed by atoms with Crippen molar-refractivity contribution in [1.29, 1.82) is 0 Å². The van der Waals surface area contributed by atoms with Gasteiger partial charge in [0.15, 0.2) is 0 Å². The van der Waals surface area contributed by atoms with Crippen LogP contribution in [-0.4, -0.2) is 6.61 Å². The lowest BCUT2D eigenvalue weighted by Gasteiger charge is -2.26. The Hall–Kier alpha value is -1.47. The predicted octanol–water partition coefficient (Wildman–Crippen LogP) is 5.45. The zero-order chi connectivity index (χ0) is 14.6. The van der Waals surface area contributed by atoms with Crippen LogP contribution in [0.15, 0.2) is 48.5 Å². The first kappa shape index (κ1) is 14.9. The fraction of sp³-hybridized carbons (Fsp3) is 0.333. The number of hydrogen-bond donors (Lipinski definition) is 0. The van der Waals surface area contributed by atoms with Gasteiger partial charge in [0.2, 0.25) is 0 Å². The fourth-order valence-corrected chi connectivity index (χ4v) is 2.35. The van der Waals surface area contributed by atoms with Crippen LogP contribution in [-0.2, 0) is 5.41 Å². The van der Waals surface area contributed by atoms with Crippen molar-refractivity contribution < 1.29 is 4.74 Å². The number of hydrogen-bond acceptors (Lipinski definition) is 1. The number of halogens is 1. The maximum atomic E-state index is 5.96. The van der Waals surface area contributed by atoms with E-state index >= 15 is 0 Å². The van der Waals surface area contributed by atoms with Gasteiger partial charge in [-0.25, -0.2) is 0 Å². The van der Waals surface area contributed by atoms with Gasteiger partial charge in [0.05, 0.1) is 6.61 Å². The molecule has 2 aromatic rings. The molecule has 2 rings (SSSR count). The Morgan fingerprint density at radius 1 is 0.900 bits per heavy atom. The van der Waals surface area contributed by atoms with Crippen molar-refractivity contribution in [3.05, 3.63) is 64.7 Å². The Morgan fingerprint density at radius 2 is 1.40 bits per heavy atom. The lowest BCUT2D eigenvalue weighted by Crippen LogP contribution is -2.18. The molecule has 0 radical (unpaired) electrons. The van der Waals surface area contributed by atoms with Gasteiger partial charge in [-0.15, -0.1) is 0 Å². The second-order valence-electron chi connectivity index (χ2n) is 5.50. The highest BCUT2D eigenvalue weighted by Crippen LogP contribution is 2.32. The van der Waals surface area contributed by atoms with Gasteiger partial charge in [-0.05, 0) is 41.8 Å². The van der Waals surface area contributed by atoms with Crippen LogP contribution < -0.4 is 4.74 Å². The second kappa shape index (κ2) is 6.32. The van der Waals surface area contributed by atoms with Crippen LogP contribution in [0.3, 0.4) is 0 Å². The molecule has 0 saturated heterocycles. The molecule has 0 heterocycles. The van der Waals surface area contributed by atoms with E-state index in [2.05, 4.69) is 45.0 Å². The summed E-state index contributed by atoms with van der Waals surface area (Å²) in [6.45, 7) is 7.31. The molecule has 0 saturated carbocycles. The zero-order valence-electron chi connectivity index (χ0n) is 12.3. The van der Waals surface area contributed by atoms with Gasteiger partial charge in [0.1, 0.15) is 5.75 Å². The van der Waals surface area contributed by atoms with Crippen LogP contribution >= 0.6 is 11.6 Å². The van der Waals surface area contributed by atoms with Crippen LogP contribution in [0, 0.1) is 0 Å². The fourth-order valence-electron chi connectivity index (χ4n) is 2.22. The summed E-state index contributed by atoms with van der Waals surface area (Å²) in [7, 11) is 0. The molecule has 2 aromatic carbocycles. The number of ether oxygens (including phenoxy) is 1. The van der Waals surface area contributed by atoms with Crippen molar-refractivity contribution in [1.82, 2.24) is 0 Å². The molecular weight excluding hydrogens is 268 g/mol. The summed E-state index contributed by atoms with van der Waals surface area (Å²) < 4.78 is 5.63. The highest BCUT2D eigenvalue weighted by atomic mass is 35.5. The molecule has 0 aliphatic rings. The van der Waals surface area contributed by atoms with E-state index in [0.717, 1.165) is 23.8 Å². The van der Waals surface area contributed by atoms with Crippen LogP contribution in [0.25, 0.3) is 0 Å². The molecule has 0 aromatic heterocycles. The Labute approximate surface area is 126 Å². The summed E-state index contributed by atoms with van der Waals surface area (Å²) in [5.41, 5.74) is 2.47. The largest absolute Gasteiger partial charge is 0.494 e. The number of rotatable bonds is 5. The maximum Gasteiger partial charge on any atom is 0.119 e. The molecule has 0 N–H and O–H groups in total. The van der Waals surface area contributed by atoms with E-state index in [1.165, 1.54) is 11.1 Å². The van der Waals surface area contributed by atoms with Crippen LogP contribution in [0.1, 0.15) is 38.3 Å². The minimum atomic E-state index is -0.0477. The minimum Gasteiger partial charge on any atom is -0.494 e. The first-order valence-electron chi connectivity index (χ1n) is 7.03. The van der Waals surface area contributed by atoms with Gasteiger partial charge in [-0.1, -0.05) is 56.6 Å². The van der Waals surface area contributed by atoms with E-state index in [1.54, 1.807) is 0 Å². The molecule has 0 unspecified atom stereocenters. The quantitative estimate of drug-likeness (QED) is 0.710. The van der Waals surface area contributed by atoms with Crippen molar-refractivity contribution in [3.63, 3.8) is 0 Å². The second-order valence-corrected chi connectivity index (χ2v) is 5.94. The molecule has 0 bridgehead atoms. The summed E-state index contributed by atoms with van der Waals surface area (Å²) in [5.74, 6) is 0.933. The average Bonchev–Trinajstić information content (AvgIpc) is 2.46. The highest BCUT2D eigenvalue weighted by Gasteiger charge is 2.22. The summed E-state index contributed by atoms with van der Waals surface area (Å²) >= 11 is 5.96. The highest BCUT2D eigenvalue weighted by molar-refractivity contribution is 6.30. The third kappa shape index (κ3) is 3.34. The van der Waals surface area contributed by atoms with Gasteiger partial charge in [-0.3, -0.25) is 0 Å². The third-order valence-corrected chi connectivity index (χ3v) is 3.87. The van der Waals surface area contributed by atoms with Gasteiger partial charge in [0.25, 0.3) is 0 Å². The average molecular weight is 289 g/mol. The van der Waals surface area contributed by atoms with E-state index in [-0.39, 0.29) is 5.41 Å². The van der Waals surface area contributed by atoms with Gasteiger partial charge >= 0.3 is 0 Å². The Balaban J connectivity index is 2.22. The summed E-state index contributed by atoms with van der Waals surface area (Å²) in [6.07, 6.45) is 1.03. The summed E-state index contributed by atoms with van der Waals surface area (Å²) in [5, 5.41) is 0.771. The lowest BCUT2D eigenvalue weighted by atomic mass is 9.78. The molecule has 106 valence electrons. The molecule has 0 amide bonds. The van der Waals surface area contributed by atoms with Crippen molar-refractivity contribution in [2.45, 2.75) is 32.6 Å². The van der Waals surface area contributed by atoms with Crippen molar-refractivity contribution >= 4 is 11.6 Å². The van der Waals surface area contributed by atoms with E-state index in [4.69, 9.17) is 16.3 Å². The molecule has 2 heteroatoms. The van der Waals surface area contributed by atoms with Gasteiger partial charge in [-0.2, -0.15) is 0 Å². The van der Waals surface area contributed by atoms with Crippen LogP contribution in [0.5, 0.6) is 5.75 Å². The standard InChI is InChI=1S/C18H21ClO/c1-4-13-20-17-11-7-15(8-12-17)18(2,3)14-5-9-16(19)10-6-14/h5-12H,4,13H2,1-3H3. The van der Waals surface area contributed by atoms with Gasteiger partial charge in [0, 0.05) is 10.4 Å². The van der Waals surface area contributed by atoms with Crippen LogP contribution in [0.2, 0.25) is 5.02 Å². The Morgan fingerprint density at radius 3 is 1.90 bits per heavy atom. The lowest BCUT2D eigenvalue weighted by molar-refractivity contribution is 0.317. The van der Waals surface area contributed by atoms with E-state index in [1.807, 2.05) is 24.3 Å². The minimum absolute atomic E-state index is 0.0477. The van der Waals surface area contributed by atoms with E-state index in [0.29, 0.717) is 0 Å². The smallest absolute Gasteiger partial charge is 0.119 e. The van der Waals surface area contributed by atoms with E-state index < -0.39 is 0 Å². The van der Waals surface area contributed by atoms with Crippen molar-refractivity contribution in [2.24, 2.45) is 0 Å². The van der Waals surface area contributed by atoms with Crippen molar-refractivity contribution in [2.75, 3.05) is 6.61 Å². The molecule has 0 spiro atoms. The van der Waals surface area contributed by atoms with Crippen molar-refractivity contribution in [3.8, 4) is 5.75 Å². The number of benzene rings is 2. The monoisotopic (exact) mass is 288 g/mol. The van der Waals surface area contributed by atoms with E-state index in [9.17, 15) is 0 Å². The van der Waals surface area contributed by atoms with Crippen LogP contribution in [0.4, 0.5) is 0 Å². The normalized spacial score (nSPS) is 11.4. The maximum absolute atomic E-state index is 5.96. The Kier molecular flexibility index (Phi) is 4.72. The zero-order valence-corrected chi connectivity index (χ0v) is 13.1. The SMILES string of the molecule is CCCOc1ccc(C(C)(C)c2ccc(Cl)cc2)cc1. The molecule has 0 atom stereocenters. The third-order valence-electron chi connectivity index (χ3n) is 3.61. The molecular formula is C18H21ClO. The molecule has 0 fully saturated rings. The molecule has 1 nitrogen and oxygen atoms in total. The molecule has 0 aliphatic carbocycles. The van der Waals surface area contributed by atoms with Gasteiger partial charge < -0.3 is 4.74 Å². The summed E-state index contributed by atoms with van der Waals surface area (Å²) in [6, 6.07) is 16.4. The molecule has 20 heavy (non-hydrogen) atoms. The first-order valence-corrected chi connectivity index (χ1v) is 7.41. The first-order chi connectivity index (χ1) is 9.54. The predicted molar refractivity (Wildman–Crippen MR) is 85.8 cm³/mol.